The van der Waals surface area contributed by atoms with E-state index in [0.717, 1.165) is 0 Å². The van der Waals surface area contributed by atoms with E-state index in [1.54, 1.807) is 0 Å². The molecule has 0 heterocycles. The van der Waals surface area contributed by atoms with E-state index in [2.05, 4.69) is 9.05 Å². The third kappa shape index (κ3) is 11.8. The third-order valence-electron chi connectivity index (χ3n) is 0.354. The molecule has 0 spiro atoms. The van der Waals surface area contributed by atoms with E-state index in [4.69, 9.17) is 0 Å². The van der Waals surface area contributed by atoms with E-state index in [1.165, 1.54) is 0 Å². The molecule has 2 atom stereocenters. The van der Waals surface area contributed by atoms with Gasteiger partial charge < -0.3 is 28.0 Å². The number of hydrogen-bond acceptors (Lipinski definition) is 6. The first kappa shape index (κ1) is 13.7. The first-order valence-corrected chi connectivity index (χ1v) is 4.25. The van der Waals surface area contributed by atoms with Gasteiger partial charge in [-0.2, -0.15) is 0 Å². The van der Waals surface area contributed by atoms with Crippen LogP contribution in [-0.4, -0.2) is 30.7 Å². The zero-order chi connectivity index (χ0) is 7.28. The molecule has 0 amide bonds. The van der Waals surface area contributed by atoms with Crippen LogP contribution in [0.25, 0.3) is 0 Å². The average Bonchev–Trinajstić information content (AvgIpc) is 1.63. The monoisotopic (exact) mass is 296 g/mol. The van der Waals surface area contributed by atoms with Crippen LogP contribution in [0.4, 0.5) is 0 Å². The maximum absolute atomic E-state index is 9.56. The topological polar surface area (TPSA) is 98.7 Å². The molecule has 0 aliphatic heterocycles. The first-order valence-electron chi connectivity index (χ1n) is 1.80. The molecule has 0 rings (SSSR count). The van der Waals surface area contributed by atoms with Crippen LogP contribution in [0.1, 0.15) is 0 Å². The molecule has 0 saturated carbocycles. The summed E-state index contributed by atoms with van der Waals surface area (Å²) in [4.78, 5) is 19.1. The summed E-state index contributed by atoms with van der Waals surface area (Å²) in [5, 5.41) is 0. The fraction of sp³-hybridized carbons (Fsp3) is 1.00. The Labute approximate surface area is 75.4 Å². The van der Waals surface area contributed by atoms with Crippen molar-refractivity contribution in [2.75, 3.05) is 6.79 Å². The minimum atomic E-state index is -3.32. The van der Waals surface area contributed by atoms with Crippen molar-refractivity contribution in [1.82, 2.24) is 0 Å². The van der Waals surface area contributed by atoms with Crippen molar-refractivity contribution >= 4 is 40.4 Å². The van der Waals surface area contributed by atoms with E-state index < -0.39 is 23.3 Å². The van der Waals surface area contributed by atoms with Crippen LogP contribution < -0.4 is 9.79 Å². The molecule has 0 radical (unpaired) electrons. The van der Waals surface area contributed by atoms with Crippen LogP contribution in [0.15, 0.2) is 0 Å². The van der Waals surface area contributed by atoms with Crippen molar-refractivity contribution in [3.05, 3.63) is 0 Å². The van der Waals surface area contributed by atoms with Crippen molar-refractivity contribution in [2.45, 2.75) is 0 Å². The Morgan fingerprint density at radius 2 is 1.40 bits per heavy atom. The molecule has 6 nitrogen and oxygen atoms in total. The molecule has 9 heteroatoms. The summed E-state index contributed by atoms with van der Waals surface area (Å²) in [6.45, 7) is -0.747. The molecule has 0 aliphatic carbocycles. The van der Waals surface area contributed by atoms with E-state index in [9.17, 15) is 18.9 Å². The predicted molar refractivity (Wildman–Crippen MR) is 33.6 cm³/mol. The van der Waals surface area contributed by atoms with Gasteiger partial charge in [0.05, 0.1) is 0 Å². The van der Waals surface area contributed by atoms with Crippen molar-refractivity contribution in [1.29, 1.82) is 0 Å². The fourth-order valence-electron chi connectivity index (χ4n) is 0.126. The first-order chi connectivity index (χ1) is 4.13. The minimum absolute atomic E-state index is 0. The molecule has 0 aromatic rings. The summed E-state index contributed by atoms with van der Waals surface area (Å²) in [5.41, 5.74) is 0. The summed E-state index contributed by atoms with van der Waals surface area (Å²) in [5.74, 6) is 0. The Morgan fingerprint density at radius 1 is 1.10 bits per heavy atom. The second kappa shape index (κ2) is 8.20. The maximum atomic E-state index is 9.56. The second-order valence-corrected chi connectivity index (χ2v) is 2.48. The van der Waals surface area contributed by atoms with Crippen molar-refractivity contribution in [2.24, 2.45) is 0 Å². The number of hydrogen-bond donors (Lipinski definition) is 0. The molecule has 60 valence electrons. The Balaban J connectivity index is 0. The predicted octanol–water partition coefficient (Wildman–Crippen LogP) is -2.44. The summed E-state index contributed by atoms with van der Waals surface area (Å²) in [6, 6.07) is 0. The molecular formula is CH6O6P2Sn. The van der Waals surface area contributed by atoms with Crippen molar-refractivity contribution in [3.8, 4) is 0 Å². The van der Waals surface area contributed by atoms with E-state index in [1.807, 2.05) is 0 Å². The van der Waals surface area contributed by atoms with Gasteiger partial charge in [0.25, 0.3) is 0 Å². The molecule has 0 saturated heterocycles. The quantitative estimate of drug-likeness (QED) is 0.324. The summed E-state index contributed by atoms with van der Waals surface area (Å²) < 4.78 is 26.6. The van der Waals surface area contributed by atoms with Crippen LogP contribution in [0.3, 0.4) is 0 Å². The summed E-state index contributed by atoms with van der Waals surface area (Å²) in [7, 11) is -6.63. The van der Waals surface area contributed by atoms with Gasteiger partial charge in [0, 0.05) is 0 Å². The van der Waals surface area contributed by atoms with Crippen LogP contribution in [-0.2, 0) is 18.2 Å². The SMILES string of the molecule is O=[PH]([O-])OCO[PH](=O)[O-].[SnH2+2]. The average molecular weight is 295 g/mol. The second-order valence-electron chi connectivity index (χ2n) is 0.907. The Bertz CT molecular complexity index is 111. The van der Waals surface area contributed by atoms with Gasteiger partial charge in [-0.3, -0.25) is 0 Å². The zero-order valence-corrected chi connectivity index (χ0v) is 10.9. The van der Waals surface area contributed by atoms with Crippen LogP contribution >= 0.6 is 16.5 Å². The molecule has 2 unspecified atom stereocenters. The normalized spacial score (nSPS) is 15.4. The summed E-state index contributed by atoms with van der Waals surface area (Å²) >= 11 is 0. The summed E-state index contributed by atoms with van der Waals surface area (Å²) in [6.07, 6.45) is 0. The van der Waals surface area contributed by atoms with Gasteiger partial charge in [-0.15, -0.1) is 0 Å². The van der Waals surface area contributed by atoms with Gasteiger partial charge in [0.2, 0.25) is 0 Å². The fourth-order valence-corrected chi connectivity index (χ4v) is 0.554. The van der Waals surface area contributed by atoms with Crippen molar-refractivity contribution in [3.63, 3.8) is 0 Å². The van der Waals surface area contributed by atoms with E-state index >= 15 is 0 Å². The van der Waals surface area contributed by atoms with Crippen LogP contribution in [0.5, 0.6) is 0 Å². The van der Waals surface area contributed by atoms with Gasteiger partial charge in [0.1, 0.15) is 16.5 Å². The molecule has 10 heavy (non-hydrogen) atoms. The molecule has 0 aliphatic rings. The van der Waals surface area contributed by atoms with Crippen LogP contribution in [0, 0.1) is 0 Å². The number of rotatable bonds is 4. The standard InChI is InChI=1S/CH6O6P2.Sn.2H/c2-8(3)6-1-7-9(4)5;;;/h8-9H,1H2,(H,2,3)(H,4,5);;;/q;+2;;/p-2. The van der Waals surface area contributed by atoms with Gasteiger partial charge >= 0.3 is 23.9 Å². The molecule has 0 aromatic heterocycles. The van der Waals surface area contributed by atoms with Gasteiger partial charge in [-0.05, 0) is 0 Å². The van der Waals surface area contributed by atoms with Gasteiger partial charge in [-0.1, -0.05) is 0 Å². The third-order valence-corrected chi connectivity index (χ3v) is 1.06. The zero-order valence-electron chi connectivity index (χ0n) is 4.86. The van der Waals surface area contributed by atoms with E-state index in [-0.39, 0.29) is 23.9 Å². The molecule has 0 fully saturated rings. The van der Waals surface area contributed by atoms with Gasteiger partial charge in [-0.25, -0.2) is 0 Å². The Kier molecular flexibility index (Phi) is 11.2. The molecule has 0 bridgehead atoms. The molecule has 0 N–H and O–H groups in total. The molecular weight excluding hydrogens is 289 g/mol. The Morgan fingerprint density at radius 3 is 1.60 bits per heavy atom. The van der Waals surface area contributed by atoms with Gasteiger partial charge in [0.15, 0.2) is 6.79 Å². The van der Waals surface area contributed by atoms with E-state index in [0.29, 0.717) is 0 Å². The van der Waals surface area contributed by atoms with Crippen molar-refractivity contribution < 1.29 is 28.0 Å². The molecule has 0 aromatic carbocycles. The Hall–Kier alpha value is 1.10. The van der Waals surface area contributed by atoms with Crippen LogP contribution in [0.2, 0.25) is 0 Å².